The first kappa shape index (κ1) is 22.1. The topological polar surface area (TPSA) is 51.2 Å². The molecule has 0 atom stereocenters. The van der Waals surface area contributed by atoms with Crippen LogP contribution in [-0.4, -0.2) is 57.9 Å². The molecule has 0 bridgehead atoms. The fraction of sp³-hybridized carbons (Fsp3) is 0.458. The highest BCUT2D eigenvalue weighted by Gasteiger charge is 2.29. The van der Waals surface area contributed by atoms with Gasteiger partial charge in [-0.05, 0) is 37.5 Å². The fourth-order valence-corrected chi connectivity index (χ4v) is 4.01. The standard InChI is InChI=1S/C24H32N2O4/c1-18-5-7-19(8-6-18)16-25-13-11-20(12-14-25)26(24(27)17-28-2)21-9-10-22(29-3)23(15-21)30-4/h5-10,15,20H,11-14,16-17H2,1-4H3. The minimum absolute atomic E-state index is 0.0401. The predicted molar refractivity (Wildman–Crippen MR) is 118 cm³/mol. The molecular formula is C24H32N2O4. The number of aryl methyl sites for hydroxylation is 1. The number of likely N-dealkylation sites (tertiary alicyclic amines) is 1. The van der Waals surface area contributed by atoms with Crippen LogP contribution >= 0.6 is 0 Å². The molecule has 0 spiro atoms. The van der Waals surface area contributed by atoms with Crippen molar-refractivity contribution >= 4 is 11.6 Å². The van der Waals surface area contributed by atoms with Crippen LogP contribution in [0.2, 0.25) is 0 Å². The van der Waals surface area contributed by atoms with E-state index in [9.17, 15) is 4.79 Å². The third kappa shape index (κ3) is 5.32. The van der Waals surface area contributed by atoms with E-state index in [4.69, 9.17) is 14.2 Å². The van der Waals surface area contributed by atoms with E-state index in [0.717, 1.165) is 38.2 Å². The minimum Gasteiger partial charge on any atom is -0.493 e. The van der Waals surface area contributed by atoms with E-state index in [-0.39, 0.29) is 18.6 Å². The van der Waals surface area contributed by atoms with Crippen LogP contribution in [0.4, 0.5) is 5.69 Å². The molecule has 1 aliphatic heterocycles. The molecule has 1 amide bonds. The number of methoxy groups -OCH3 is 3. The van der Waals surface area contributed by atoms with Crippen LogP contribution in [0, 0.1) is 6.92 Å². The van der Waals surface area contributed by atoms with Crippen molar-refractivity contribution in [3.05, 3.63) is 53.6 Å². The quantitative estimate of drug-likeness (QED) is 0.662. The van der Waals surface area contributed by atoms with Gasteiger partial charge in [-0.1, -0.05) is 29.8 Å². The number of carbonyl (C=O) groups is 1. The van der Waals surface area contributed by atoms with Gasteiger partial charge >= 0.3 is 0 Å². The Morgan fingerprint density at radius 2 is 1.67 bits per heavy atom. The Morgan fingerprint density at radius 1 is 1.00 bits per heavy atom. The maximum atomic E-state index is 12.9. The summed E-state index contributed by atoms with van der Waals surface area (Å²) in [5.74, 6) is 1.22. The van der Waals surface area contributed by atoms with Gasteiger partial charge in [0.05, 0.1) is 14.2 Å². The summed E-state index contributed by atoms with van der Waals surface area (Å²) in [6.45, 7) is 4.99. The zero-order valence-electron chi connectivity index (χ0n) is 18.4. The van der Waals surface area contributed by atoms with Crippen molar-refractivity contribution in [2.75, 3.05) is 45.9 Å². The largest absolute Gasteiger partial charge is 0.493 e. The number of benzene rings is 2. The molecule has 0 N–H and O–H groups in total. The van der Waals surface area contributed by atoms with E-state index in [1.807, 2.05) is 23.1 Å². The summed E-state index contributed by atoms with van der Waals surface area (Å²) in [6, 6.07) is 14.4. The highest BCUT2D eigenvalue weighted by molar-refractivity contribution is 5.95. The van der Waals surface area contributed by atoms with Crippen molar-refractivity contribution in [3.63, 3.8) is 0 Å². The molecule has 2 aromatic carbocycles. The summed E-state index contributed by atoms with van der Waals surface area (Å²) >= 11 is 0. The molecule has 6 nitrogen and oxygen atoms in total. The number of anilines is 1. The fourth-order valence-electron chi connectivity index (χ4n) is 4.01. The Bertz CT molecular complexity index is 830. The van der Waals surface area contributed by atoms with Crippen LogP contribution in [0.25, 0.3) is 0 Å². The second-order valence-electron chi connectivity index (χ2n) is 7.73. The van der Waals surface area contributed by atoms with Crippen LogP contribution in [0.15, 0.2) is 42.5 Å². The van der Waals surface area contributed by atoms with Crippen molar-refractivity contribution in [1.29, 1.82) is 0 Å². The molecule has 30 heavy (non-hydrogen) atoms. The van der Waals surface area contributed by atoms with E-state index in [2.05, 4.69) is 36.1 Å². The number of carbonyl (C=O) groups excluding carboxylic acids is 1. The second-order valence-corrected chi connectivity index (χ2v) is 7.73. The van der Waals surface area contributed by atoms with Gasteiger partial charge in [-0.3, -0.25) is 9.69 Å². The Morgan fingerprint density at radius 3 is 2.27 bits per heavy atom. The van der Waals surface area contributed by atoms with Gasteiger partial charge in [-0.2, -0.15) is 0 Å². The number of nitrogens with zero attached hydrogens (tertiary/aromatic N) is 2. The number of amides is 1. The SMILES string of the molecule is COCC(=O)N(c1ccc(OC)c(OC)c1)C1CCN(Cc2ccc(C)cc2)CC1. The zero-order chi connectivity index (χ0) is 21.5. The zero-order valence-corrected chi connectivity index (χ0v) is 18.4. The second kappa shape index (κ2) is 10.5. The third-order valence-corrected chi connectivity index (χ3v) is 5.63. The first-order valence-electron chi connectivity index (χ1n) is 10.4. The van der Waals surface area contributed by atoms with Gasteiger partial charge in [0.25, 0.3) is 5.91 Å². The maximum Gasteiger partial charge on any atom is 0.253 e. The highest BCUT2D eigenvalue weighted by Crippen LogP contribution is 2.34. The van der Waals surface area contributed by atoms with E-state index < -0.39 is 0 Å². The van der Waals surface area contributed by atoms with Gasteiger partial charge in [-0.25, -0.2) is 0 Å². The van der Waals surface area contributed by atoms with Crippen LogP contribution in [0.3, 0.4) is 0 Å². The molecule has 1 aliphatic rings. The van der Waals surface area contributed by atoms with Gasteiger partial charge in [0, 0.05) is 44.5 Å². The summed E-state index contributed by atoms with van der Waals surface area (Å²) in [6.07, 6.45) is 1.82. The molecule has 1 saturated heterocycles. The van der Waals surface area contributed by atoms with Crippen molar-refractivity contribution in [3.8, 4) is 11.5 Å². The van der Waals surface area contributed by atoms with Crippen LogP contribution in [-0.2, 0) is 16.1 Å². The smallest absolute Gasteiger partial charge is 0.253 e. The van der Waals surface area contributed by atoms with Crippen LogP contribution in [0.1, 0.15) is 24.0 Å². The number of rotatable bonds is 8. The Hall–Kier alpha value is -2.57. The van der Waals surface area contributed by atoms with Crippen molar-refractivity contribution in [2.45, 2.75) is 32.4 Å². The van der Waals surface area contributed by atoms with Crippen LogP contribution in [0.5, 0.6) is 11.5 Å². The molecule has 0 unspecified atom stereocenters. The van der Waals surface area contributed by atoms with Crippen LogP contribution < -0.4 is 14.4 Å². The molecule has 0 saturated carbocycles. The van der Waals surface area contributed by atoms with Crippen molar-refractivity contribution < 1.29 is 19.0 Å². The molecule has 1 heterocycles. The summed E-state index contributed by atoms with van der Waals surface area (Å²) in [7, 11) is 4.76. The first-order valence-corrected chi connectivity index (χ1v) is 10.4. The van der Waals surface area contributed by atoms with E-state index in [0.29, 0.717) is 11.5 Å². The predicted octanol–water partition coefficient (Wildman–Crippen LogP) is 3.66. The summed E-state index contributed by atoms with van der Waals surface area (Å²) in [4.78, 5) is 17.2. The van der Waals surface area contributed by atoms with Gasteiger partial charge < -0.3 is 19.1 Å². The Kier molecular flexibility index (Phi) is 7.71. The lowest BCUT2D eigenvalue weighted by Crippen LogP contribution is -2.48. The van der Waals surface area contributed by atoms with E-state index >= 15 is 0 Å². The molecule has 0 radical (unpaired) electrons. The summed E-state index contributed by atoms with van der Waals surface area (Å²) < 4.78 is 15.9. The molecular weight excluding hydrogens is 380 g/mol. The average molecular weight is 413 g/mol. The van der Waals surface area contributed by atoms with Gasteiger partial charge in [0.1, 0.15) is 6.61 Å². The van der Waals surface area contributed by atoms with E-state index in [1.54, 1.807) is 21.3 Å². The number of hydrogen-bond donors (Lipinski definition) is 0. The van der Waals surface area contributed by atoms with Gasteiger partial charge in [0.15, 0.2) is 11.5 Å². The lowest BCUT2D eigenvalue weighted by atomic mass is 10.0. The van der Waals surface area contributed by atoms with E-state index in [1.165, 1.54) is 11.1 Å². The molecule has 3 rings (SSSR count). The monoisotopic (exact) mass is 412 g/mol. The lowest BCUT2D eigenvalue weighted by molar-refractivity contribution is -0.122. The van der Waals surface area contributed by atoms with Gasteiger partial charge in [-0.15, -0.1) is 0 Å². The minimum atomic E-state index is -0.0401. The van der Waals surface area contributed by atoms with Gasteiger partial charge in [0.2, 0.25) is 0 Å². The number of hydrogen-bond acceptors (Lipinski definition) is 5. The normalized spacial score (nSPS) is 15.1. The summed E-state index contributed by atoms with van der Waals surface area (Å²) in [5.41, 5.74) is 3.41. The Labute approximate surface area is 179 Å². The maximum absolute atomic E-state index is 12.9. The number of ether oxygens (including phenoxy) is 3. The lowest BCUT2D eigenvalue weighted by Gasteiger charge is -2.38. The molecule has 0 aliphatic carbocycles. The highest BCUT2D eigenvalue weighted by atomic mass is 16.5. The molecule has 0 aromatic heterocycles. The summed E-state index contributed by atoms with van der Waals surface area (Å²) in [5, 5.41) is 0. The van der Waals surface area contributed by atoms with Crippen molar-refractivity contribution in [1.82, 2.24) is 4.90 Å². The average Bonchev–Trinajstić information content (AvgIpc) is 2.77. The molecule has 2 aromatic rings. The first-order chi connectivity index (χ1) is 14.5. The number of piperidine rings is 1. The molecule has 6 heteroatoms. The van der Waals surface area contributed by atoms with Crippen molar-refractivity contribution in [2.24, 2.45) is 0 Å². The third-order valence-electron chi connectivity index (χ3n) is 5.63. The molecule has 162 valence electrons. The molecule has 1 fully saturated rings. The Balaban J connectivity index is 1.72.